The van der Waals surface area contributed by atoms with Crippen LogP contribution in [0.4, 0.5) is 27.3 Å². The Hall–Kier alpha value is -5.47. The number of anilines is 5. The van der Waals surface area contributed by atoms with Crippen molar-refractivity contribution in [2.24, 2.45) is 0 Å². The minimum atomic E-state index is -3.82. The lowest BCUT2D eigenvalue weighted by Gasteiger charge is -2.35. The Balaban J connectivity index is 0.000000184. The normalized spacial score (nSPS) is 17.0. The molecule has 0 saturated carbocycles. The molecule has 5 aromatic rings. The lowest BCUT2D eigenvalue weighted by molar-refractivity contribution is -0.122. The average Bonchev–Trinajstić information content (AvgIpc) is 3.98. The number of aryl methyl sites for hydroxylation is 1. The fourth-order valence-electron chi connectivity index (χ4n) is 6.15. The maximum atomic E-state index is 13.3. The highest BCUT2D eigenvalue weighted by Crippen LogP contribution is 2.35. The van der Waals surface area contributed by atoms with Gasteiger partial charge in [0.05, 0.1) is 27.6 Å². The van der Waals surface area contributed by atoms with Gasteiger partial charge in [0.1, 0.15) is 6.04 Å². The van der Waals surface area contributed by atoms with Crippen molar-refractivity contribution in [2.75, 3.05) is 30.7 Å². The third-order valence-corrected chi connectivity index (χ3v) is 13.2. The van der Waals surface area contributed by atoms with Crippen LogP contribution in [0.2, 0.25) is 5.02 Å². The maximum absolute atomic E-state index is 13.3. The van der Waals surface area contributed by atoms with Crippen molar-refractivity contribution in [3.63, 3.8) is 0 Å². The quantitative estimate of drug-likeness (QED) is 0.189. The number of nitrogens with zero attached hydrogens (tertiary/aromatic N) is 5. The van der Waals surface area contributed by atoms with E-state index in [9.17, 15) is 36.0 Å². The van der Waals surface area contributed by atoms with Crippen molar-refractivity contribution in [2.45, 2.75) is 35.1 Å². The van der Waals surface area contributed by atoms with E-state index in [-0.39, 0.29) is 38.3 Å². The molecular weight excluding hydrogens is 810 g/mol. The number of carbonyl (C=O) groups excluding carboxylic acids is 4. The molecule has 1 atom stereocenters. The summed E-state index contributed by atoms with van der Waals surface area (Å²) < 4.78 is 54.2. The van der Waals surface area contributed by atoms with Crippen LogP contribution >= 0.6 is 34.3 Å². The van der Waals surface area contributed by atoms with E-state index in [1.807, 2.05) is 17.0 Å². The Bertz CT molecular complexity index is 2510. The summed E-state index contributed by atoms with van der Waals surface area (Å²) in [5.74, 6) is -1.55. The summed E-state index contributed by atoms with van der Waals surface area (Å²) in [6.07, 6.45) is 7.12. The predicted molar refractivity (Wildman–Crippen MR) is 208 cm³/mol. The van der Waals surface area contributed by atoms with Crippen LogP contribution in [0.25, 0.3) is 0 Å². The molecule has 15 nitrogen and oxygen atoms in total. The number of halogens is 1. The SMILES string of the molecule is O=C1C=CC(=O)N1c1ccc(S(=O)(=O)Nc2nccs2)cc1.O=C1CC(N2CCCc3cc(Cl)ccc32)C(=O)N1c1ccc(S(=O)(=O)Nc2nccs2)cc1. The molecule has 55 heavy (non-hydrogen) atoms. The lowest BCUT2D eigenvalue weighted by Crippen LogP contribution is -2.44. The number of benzene rings is 3. The summed E-state index contributed by atoms with van der Waals surface area (Å²) >= 11 is 8.45. The molecule has 1 saturated heterocycles. The van der Waals surface area contributed by atoms with Gasteiger partial charge in [0.15, 0.2) is 10.3 Å². The van der Waals surface area contributed by atoms with Gasteiger partial charge >= 0.3 is 0 Å². The van der Waals surface area contributed by atoms with Crippen molar-refractivity contribution in [3.8, 4) is 0 Å². The van der Waals surface area contributed by atoms with Gasteiger partial charge in [-0.15, -0.1) is 22.7 Å². The number of amides is 4. The van der Waals surface area contributed by atoms with Crippen molar-refractivity contribution in [1.82, 2.24) is 9.97 Å². The number of hydrogen-bond acceptors (Lipinski definition) is 13. The van der Waals surface area contributed by atoms with E-state index in [0.29, 0.717) is 22.9 Å². The molecule has 2 aromatic heterocycles. The summed E-state index contributed by atoms with van der Waals surface area (Å²) in [5.41, 5.74) is 2.64. The Morgan fingerprint density at radius 1 is 0.709 bits per heavy atom. The first-order valence-electron chi connectivity index (χ1n) is 16.3. The molecule has 3 aliphatic rings. The van der Waals surface area contributed by atoms with E-state index < -0.39 is 37.9 Å². The van der Waals surface area contributed by atoms with Gasteiger partial charge in [-0.2, -0.15) is 0 Å². The van der Waals surface area contributed by atoms with Gasteiger partial charge in [-0.25, -0.2) is 36.6 Å². The number of aromatic nitrogens is 2. The summed E-state index contributed by atoms with van der Waals surface area (Å²) in [4.78, 5) is 61.1. The first kappa shape index (κ1) is 37.8. The molecule has 1 fully saturated rings. The van der Waals surface area contributed by atoms with Crippen molar-refractivity contribution in [3.05, 3.63) is 113 Å². The zero-order valence-corrected chi connectivity index (χ0v) is 32.3. The predicted octanol–water partition coefficient (Wildman–Crippen LogP) is 5.06. The van der Waals surface area contributed by atoms with Crippen LogP contribution in [-0.4, -0.2) is 63.0 Å². The molecule has 0 radical (unpaired) electrons. The molecule has 2 N–H and O–H groups in total. The third kappa shape index (κ3) is 8.01. The highest BCUT2D eigenvalue weighted by atomic mass is 35.5. The number of carbonyl (C=O) groups is 4. The molecule has 282 valence electrons. The second kappa shape index (κ2) is 15.3. The molecule has 3 aromatic carbocycles. The topological polar surface area (TPSA) is 196 Å². The Morgan fingerprint density at radius 2 is 1.24 bits per heavy atom. The largest absolute Gasteiger partial charge is 0.359 e. The van der Waals surface area contributed by atoms with Gasteiger partial charge in [-0.05, 0) is 85.1 Å². The van der Waals surface area contributed by atoms with Crippen LogP contribution in [0.3, 0.4) is 0 Å². The molecule has 1 unspecified atom stereocenters. The monoisotopic (exact) mass is 837 g/mol. The number of imide groups is 2. The summed E-state index contributed by atoms with van der Waals surface area (Å²) in [6, 6.07) is 16.1. The van der Waals surface area contributed by atoms with Crippen LogP contribution in [0.5, 0.6) is 0 Å². The first-order chi connectivity index (χ1) is 26.3. The van der Waals surface area contributed by atoms with Crippen LogP contribution < -0.4 is 24.1 Å². The van der Waals surface area contributed by atoms with Gasteiger partial charge < -0.3 is 4.90 Å². The van der Waals surface area contributed by atoms with Gasteiger partial charge in [0.2, 0.25) is 5.91 Å². The van der Waals surface area contributed by atoms with Crippen molar-refractivity contribution in [1.29, 1.82) is 0 Å². The van der Waals surface area contributed by atoms with E-state index in [4.69, 9.17) is 11.6 Å². The molecule has 3 aliphatic heterocycles. The van der Waals surface area contributed by atoms with Crippen LogP contribution in [0.1, 0.15) is 18.4 Å². The third-order valence-electron chi connectivity index (χ3n) is 8.62. The van der Waals surface area contributed by atoms with Gasteiger partial charge in [-0.1, -0.05) is 11.6 Å². The highest BCUT2D eigenvalue weighted by molar-refractivity contribution is 7.93. The fraction of sp³-hybridized carbons (Fsp3) is 0.143. The summed E-state index contributed by atoms with van der Waals surface area (Å²) in [7, 11) is -7.58. The van der Waals surface area contributed by atoms with E-state index >= 15 is 0 Å². The van der Waals surface area contributed by atoms with Crippen molar-refractivity contribution >= 4 is 105 Å². The molecule has 5 heterocycles. The molecule has 20 heteroatoms. The standard InChI is InChI=1S/C22H19ClN4O4S2.C13H9N3O4S2/c23-15-3-8-18-14(12-15)2-1-10-26(18)19-13-20(28)27(21(19)29)16-4-6-17(7-5-16)33(30,31)25-22-24-9-11-32-22;17-11-5-6-12(18)16(11)9-1-3-10(4-2-9)22(19,20)15-13-14-7-8-21-13/h3-9,11-12,19H,1-2,10,13H2,(H,24,25);1-8H,(H,14,15). The first-order valence-corrected chi connectivity index (χ1v) is 21.4. The number of hydrogen-bond donors (Lipinski definition) is 2. The number of sulfonamides is 2. The second-order valence-corrected chi connectivity index (χ2v) is 17.7. The molecule has 0 bridgehead atoms. The number of thiazole rings is 2. The zero-order chi connectivity index (χ0) is 38.9. The maximum Gasteiger partial charge on any atom is 0.263 e. The summed E-state index contributed by atoms with van der Waals surface area (Å²) in [5, 5.41) is 4.48. The molecular formula is C35H28ClN7O8S4. The fourth-order valence-corrected chi connectivity index (χ4v) is 9.92. The van der Waals surface area contributed by atoms with E-state index in [1.54, 1.807) is 16.8 Å². The number of fused-ring (bicyclic) bond motifs is 1. The van der Waals surface area contributed by atoms with Gasteiger partial charge in [-0.3, -0.25) is 28.6 Å². The van der Waals surface area contributed by atoms with Gasteiger partial charge in [0, 0.05) is 52.6 Å². The number of rotatable bonds is 9. The average molecular weight is 838 g/mol. The Morgan fingerprint density at radius 3 is 1.75 bits per heavy atom. The van der Waals surface area contributed by atoms with Crippen LogP contribution in [-0.2, 0) is 45.6 Å². The minimum Gasteiger partial charge on any atom is -0.359 e. The molecule has 4 amide bonds. The number of nitrogens with one attached hydrogen (secondary N) is 2. The molecule has 0 aliphatic carbocycles. The zero-order valence-electron chi connectivity index (χ0n) is 28.2. The van der Waals surface area contributed by atoms with E-state index in [0.717, 1.165) is 57.4 Å². The Labute approximate surface area is 328 Å². The van der Waals surface area contributed by atoms with Gasteiger partial charge in [0.25, 0.3) is 37.8 Å². The van der Waals surface area contributed by atoms with E-state index in [2.05, 4.69) is 19.4 Å². The second-order valence-electron chi connectivity index (χ2n) is 12.1. The van der Waals surface area contributed by atoms with Crippen LogP contribution in [0.15, 0.2) is 112 Å². The minimum absolute atomic E-state index is 0.0125. The van der Waals surface area contributed by atoms with Crippen molar-refractivity contribution < 1.29 is 36.0 Å². The molecule has 8 rings (SSSR count). The van der Waals surface area contributed by atoms with E-state index in [1.165, 1.54) is 72.3 Å². The molecule has 0 spiro atoms. The summed E-state index contributed by atoms with van der Waals surface area (Å²) in [6.45, 7) is 0.672. The smallest absolute Gasteiger partial charge is 0.263 e. The Kier molecular flexibility index (Phi) is 10.6. The van der Waals surface area contributed by atoms with Crippen LogP contribution in [0, 0.1) is 0 Å². The lowest BCUT2D eigenvalue weighted by atomic mass is 9.99. The highest BCUT2D eigenvalue weighted by Gasteiger charge is 2.44.